The molecule has 0 bridgehead atoms. The molecule has 1 aromatic carbocycles. The van der Waals surface area contributed by atoms with E-state index in [0.717, 1.165) is 0 Å². The first-order chi connectivity index (χ1) is 10.5. The van der Waals surface area contributed by atoms with Crippen molar-refractivity contribution < 1.29 is 19.1 Å². The number of phenols is 1. The average molecular weight is 314 g/mol. The number of furan rings is 1. The van der Waals surface area contributed by atoms with Crippen LogP contribution in [0.15, 0.2) is 46.4 Å². The predicted octanol–water partition coefficient (Wildman–Crippen LogP) is 1.57. The molecule has 2 heterocycles. The minimum atomic E-state index is -0.580. The molecule has 1 aliphatic rings. The zero-order valence-electron chi connectivity index (χ0n) is 11.1. The molecule has 0 saturated carbocycles. The lowest BCUT2D eigenvalue weighted by Crippen LogP contribution is -2.51. The van der Waals surface area contributed by atoms with E-state index < -0.39 is 11.8 Å². The lowest BCUT2D eigenvalue weighted by molar-refractivity contribution is -0.123. The van der Waals surface area contributed by atoms with E-state index in [0.29, 0.717) is 17.1 Å². The first-order valence-corrected chi connectivity index (χ1v) is 6.71. The smallest absolute Gasteiger partial charge is 0.263 e. The Morgan fingerprint density at radius 3 is 2.50 bits per heavy atom. The van der Waals surface area contributed by atoms with Crippen molar-refractivity contribution in [2.45, 2.75) is 0 Å². The minimum Gasteiger partial charge on any atom is -0.508 e. The summed E-state index contributed by atoms with van der Waals surface area (Å²) in [4.78, 5) is 23.5. The third kappa shape index (κ3) is 2.75. The van der Waals surface area contributed by atoms with Gasteiger partial charge in [-0.15, -0.1) is 0 Å². The number of carbonyl (C=O) groups excluding carboxylic acids is 2. The van der Waals surface area contributed by atoms with E-state index in [9.17, 15) is 14.7 Å². The van der Waals surface area contributed by atoms with Crippen LogP contribution in [-0.2, 0) is 9.59 Å². The lowest BCUT2D eigenvalue weighted by Gasteiger charge is -2.15. The van der Waals surface area contributed by atoms with Crippen molar-refractivity contribution in [3.63, 3.8) is 0 Å². The summed E-state index contributed by atoms with van der Waals surface area (Å²) in [5, 5.41) is 14.1. The quantitative estimate of drug-likeness (QED) is 0.444. The third-order valence-electron chi connectivity index (χ3n) is 2.99. The average Bonchev–Trinajstić information content (AvgIpc) is 2.91. The van der Waals surface area contributed by atoms with Crippen LogP contribution in [0.5, 0.6) is 5.75 Å². The molecule has 6 nitrogen and oxygen atoms in total. The molecule has 0 spiro atoms. The number of thiocarbonyl (C=S) groups is 1. The summed E-state index contributed by atoms with van der Waals surface area (Å²) in [7, 11) is 0. The second-order valence-electron chi connectivity index (χ2n) is 4.55. The summed E-state index contributed by atoms with van der Waals surface area (Å²) in [5.41, 5.74) is 0.591. The van der Waals surface area contributed by atoms with Crippen molar-refractivity contribution >= 4 is 35.2 Å². The van der Waals surface area contributed by atoms with Gasteiger partial charge in [-0.1, -0.05) is 12.1 Å². The van der Waals surface area contributed by atoms with E-state index in [-0.39, 0.29) is 16.4 Å². The van der Waals surface area contributed by atoms with Crippen molar-refractivity contribution in [3.05, 3.63) is 47.7 Å². The molecule has 2 amide bonds. The number of nitrogens with one attached hydrogen (secondary N) is 2. The number of benzene rings is 1. The zero-order chi connectivity index (χ0) is 15.7. The number of carbonyl (C=O) groups is 2. The summed E-state index contributed by atoms with van der Waals surface area (Å²) < 4.78 is 5.57. The fourth-order valence-corrected chi connectivity index (χ4v) is 2.18. The maximum Gasteiger partial charge on any atom is 0.263 e. The van der Waals surface area contributed by atoms with Gasteiger partial charge in [0.25, 0.3) is 11.8 Å². The van der Waals surface area contributed by atoms with Crippen molar-refractivity contribution in [3.8, 4) is 17.1 Å². The van der Waals surface area contributed by atoms with Crippen LogP contribution in [0.25, 0.3) is 17.4 Å². The van der Waals surface area contributed by atoms with Crippen molar-refractivity contribution in [2.75, 3.05) is 0 Å². The molecule has 1 aromatic heterocycles. The Bertz CT molecular complexity index is 800. The topological polar surface area (TPSA) is 91.6 Å². The van der Waals surface area contributed by atoms with Gasteiger partial charge in [0.1, 0.15) is 22.8 Å². The van der Waals surface area contributed by atoms with Gasteiger partial charge < -0.3 is 9.52 Å². The molecule has 0 atom stereocenters. The Hall–Kier alpha value is -2.93. The van der Waals surface area contributed by atoms with Crippen LogP contribution in [0.2, 0.25) is 0 Å². The molecular formula is C15H10N2O4S. The summed E-state index contributed by atoms with van der Waals surface area (Å²) in [6.45, 7) is 0. The van der Waals surface area contributed by atoms with Crippen molar-refractivity contribution in [2.24, 2.45) is 0 Å². The highest BCUT2D eigenvalue weighted by atomic mass is 32.1. The summed E-state index contributed by atoms with van der Waals surface area (Å²) in [5.74, 6) is -0.192. The number of aromatic hydroxyl groups is 1. The predicted molar refractivity (Wildman–Crippen MR) is 82.7 cm³/mol. The molecule has 2 aromatic rings. The molecule has 22 heavy (non-hydrogen) atoms. The fourth-order valence-electron chi connectivity index (χ4n) is 1.99. The Labute approximate surface area is 130 Å². The van der Waals surface area contributed by atoms with Gasteiger partial charge in [0.05, 0.1) is 0 Å². The number of hydrogen-bond donors (Lipinski definition) is 3. The SMILES string of the molecule is O=C1NC(=S)NC(=O)C1=Cc1ccc(-c2cccc(O)c2)o1. The standard InChI is InChI=1S/C15H10N2O4S/c18-9-3-1-2-8(6-9)12-5-4-10(21-12)7-11-13(19)16-15(22)17-14(11)20/h1-7,18H,(H2,16,17,19,20,22). The molecule has 1 saturated heterocycles. The van der Waals surface area contributed by atoms with Crippen LogP contribution in [0.3, 0.4) is 0 Å². The maximum atomic E-state index is 11.7. The number of rotatable bonds is 2. The van der Waals surface area contributed by atoms with E-state index >= 15 is 0 Å². The fraction of sp³-hybridized carbons (Fsp3) is 0. The van der Waals surface area contributed by atoms with Crippen LogP contribution < -0.4 is 10.6 Å². The molecule has 1 fully saturated rings. The molecule has 3 N–H and O–H groups in total. The van der Waals surface area contributed by atoms with Gasteiger partial charge in [0.2, 0.25) is 0 Å². The van der Waals surface area contributed by atoms with E-state index in [4.69, 9.17) is 16.6 Å². The summed E-state index contributed by atoms with van der Waals surface area (Å²) in [6.07, 6.45) is 1.33. The highest BCUT2D eigenvalue weighted by molar-refractivity contribution is 7.80. The molecule has 1 aliphatic heterocycles. The maximum absolute atomic E-state index is 11.7. The van der Waals surface area contributed by atoms with Gasteiger partial charge in [-0.05, 0) is 42.6 Å². The minimum absolute atomic E-state index is 0.0213. The largest absolute Gasteiger partial charge is 0.508 e. The van der Waals surface area contributed by atoms with Crippen LogP contribution >= 0.6 is 12.2 Å². The van der Waals surface area contributed by atoms with Gasteiger partial charge in [-0.3, -0.25) is 20.2 Å². The van der Waals surface area contributed by atoms with Gasteiger partial charge in [0, 0.05) is 5.56 Å². The van der Waals surface area contributed by atoms with Crippen LogP contribution in [-0.4, -0.2) is 22.0 Å². The third-order valence-corrected chi connectivity index (χ3v) is 3.19. The second-order valence-corrected chi connectivity index (χ2v) is 4.96. The van der Waals surface area contributed by atoms with Gasteiger partial charge in [-0.25, -0.2) is 0 Å². The van der Waals surface area contributed by atoms with E-state index in [2.05, 4.69) is 10.6 Å². The molecule has 110 valence electrons. The van der Waals surface area contributed by atoms with E-state index in [1.165, 1.54) is 6.08 Å². The van der Waals surface area contributed by atoms with Gasteiger partial charge in [-0.2, -0.15) is 0 Å². The molecule has 0 aliphatic carbocycles. The Kier molecular flexibility index (Phi) is 3.48. The van der Waals surface area contributed by atoms with E-state index in [1.807, 2.05) is 0 Å². The van der Waals surface area contributed by atoms with Crippen LogP contribution in [0.4, 0.5) is 0 Å². The van der Waals surface area contributed by atoms with Gasteiger partial charge >= 0.3 is 0 Å². The Morgan fingerprint density at radius 2 is 1.82 bits per heavy atom. The lowest BCUT2D eigenvalue weighted by atomic mass is 10.1. The second kappa shape index (κ2) is 5.45. The molecule has 0 radical (unpaired) electrons. The highest BCUT2D eigenvalue weighted by Gasteiger charge is 2.26. The zero-order valence-corrected chi connectivity index (χ0v) is 11.9. The van der Waals surface area contributed by atoms with Crippen molar-refractivity contribution in [1.29, 1.82) is 0 Å². The highest BCUT2D eigenvalue weighted by Crippen LogP contribution is 2.26. The Balaban J connectivity index is 1.91. The molecule has 0 unspecified atom stereocenters. The summed E-state index contributed by atoms with van der Waals surface area (Å²) in [6, 6.07) is 9.87. The molecular weight excluding hydrogens is 304 g/mol. The number of phenolic OH excluding ortho intramolecular Hbond substituents is 1. The number of amides is 2. The molecule has 7 heteroatoms. The normalized spacial score (nSPS) is 14.5. The Morgan fingerprint density at radius 1 is 1.09 bits per heavy atom. The summed E-state index contributed by atoms with van der Waals surface area (Å²) >= 11 is 4.72. The van der Waals surface area contributed by atoms with Gasteiger partial charge in [0.15, 0.2) is 5.11 Å². The van der Waals surface area contributed by atoms with E-state index in [1.54, 1.807) is 36.4 Å². The molecule has 3 rings (SSSR count). The first-order valence-electron chi connectivity index (χ1n) is 6.30. The first kappa shape index (κ1) is 14.0. The van der Waals surface area contributed by atoms with Crippen LogP contribution in [0.1, 0.15) is 5.76 Å². The monoisotopic (exact) mass is 314 g/mol. The van der Waals surface area contributed by atoms with Crippen LogP contribution in [0, 0.1) is 0 Å². The number of hydrogen-bond acceptors (Lipinski definition) is 5. The van der Waals surface area contributed by atoms with Crippen molar-refractivity contribution in [1.82, 2.24) is 10.6 Å².